The Kier molecular flexibility index (Phi) is 38.0. The van der Waals surface area contributed by atoms with Gasteiger partial charge in [0.2, 0.25) is 0 Å². The highest BCUT2D eigenvalue weighted by molar-refractivity contribution is 14.1. The molecule has 16 heteroatoms. The molecule has 1 unspecified atom stereocenters. The van der Waals surface area contributed by atoms with Crippen molar-refractivity contribution in [3.63, 3.8) is 0 Å². The van der Waals surface area contributed by atoms with Gasteiger partial charge in [0.1, 0.15) is 12.4 Å². The highest BCUT2D eigenvalue weighted by Gasteiger charge is 2.26. The minimum atomic E-state index is -4.68. The van der Waals surface area contributed by atoms with Crippen LogP contribution in [-0.2, 0) is 32.7 Å². The van der Waals surface area contributed by atoms with Crippen LogP contribution in [0, 0.1) is 3.57 Å². The number of aromatic hydroxyl groups is 1. The molecular weight excluding hydrogens is 948 g/mol. The molecule has 0 heterocycles. The average Bonchev–Trinajstić information content (AvgIpc) is 3.27. The lowest BCUT2D eigenvalue weighted by Crippen LogP contribution is -2.30. The number of carbonyl (C=O) groups excluding carboxylic acids is 3. The first-order chi connectivity index (χ1) is 31.0. The van der Waals surface area contributed by atoms with Gasteiger partial charge in [-0.2, -0.15) is 0 Å². The maximum absolute atomic E-state index is 12.8. The van der Waals surface area contributed by atoms with E-state index in [-0.39, 0.29) is 46.6 Å². The predicted molar refractivity (Wildman–Crippen MR) is 264 cm³/mol. The van der Waals surface area contributed by atoms with Crippen LogP contribution < -0.4 is 5.32 Å². The summed E-state index contributed by atoms with van der Waals surface area (Å²) >= 11 is 1.75. The quantitative estimate of drug-likeness (QED) is 0.0107. The van der Waals surface area contributed by atoms with Crippen LogP contribution in [0.4, 0.5) is 5.69 Å². The van der Waals surface area contributed by atoms with E-state index in [1.807, 2.05) is 0 Å². The van der Waals surface area contributed by atoms with Crippen molar-refractivity contribution in [3.05, 3.63) is 31.7 Å². The summed E-state index contributed by atoms with van der Waals surface area (Å²) < 4.78 is 34.0. The SMILES string of the molecule is CCCCCCCCCCCCCCCCCC(=O)OC[C@H](COP(=O)(O)OCCNC(=O)c1ccc(N=[N+]=[N-])c([125I])c1O)OC(=O)CCCCCCCCCCCCCCCCC. The Hall–Kier alpha value is -2.42. The number of nitrogens with zero attached hydrogens (tertiary/aromatic N) is 3. The zero-order valence-electron chi connectivity index (χ0n) is 39.5. The highest BCUT2D eigenvalue weighted by atomic mass is 125. The van der Waals surface area contributed by atoms with Crippen molar-refractivity contribution >= 4 is 53.9 Å². The third kappa shape index (κ3) is 33.1. The molecule has 1 aromatic rings. The van der Waals surface area contributed by atoms with E-state index in [1.54, 1.807) is 22.6 Å². The van der Waals surface area contributed by atoms with Crippen molar-refractivity contribution in [2.75, 3.05) is 26.4 Å². The van der Waals surface area contributed by atoms with Gasteiger partial charge >= 0.3 is 19.8 Å². The van der Waals surface area contributed by atoms with Gasteiger partial charge in [0, 0.05) is 24.3 Å². The number of amides is 1. The fourth-order valence-electron chi connectivity index (χ4n) is 7.40. The molecule has 3 N–H and O–H groups in total. The smallest absolute Gasteiger partial charge is 0.472 e. The van der Waals surface area contributed by atoms with Crippen LogP contribution in [0.1, 0.15) is 230 Å². The van der Waals surface area contributed by atoms with Crippen LogP contribution in [-0.4, -0.2) is 60.3 Å². The van der Waals surface area contributed by atoms with Crippen LogP contribution in [0.25, 0.3) is 10.4 Å². The number of ether oxygens (including phenoxy) is 2. The Morgan fingerprint density at radius 3 is 1.53 bits per heavy atom. The first-order valence-corrected chi connectivity index (χ1v) is 27.4. The number of phenolic OH excluding ortho intramolecular Hbond substituents is 1. The van der Waals surface area contributed by atoms with Crippen molar-refractivity contribution < 1.29 is 47.5 Å². The Morgan fingerprint density at radius 1 is 0.672 bits per heavy atom. The van der Waals surface area contributed by atoms with E-state index in [9.17, 15) is 28.9 Å². The number of phenols is 1. The summed E-state index contributed by atoms with van der Waals surface area (Å²) in [5, 5.41) is 16.3. The Bertz CT molecular complexity index is 1480. The number of phosphoric ester groups is 1. The molecule has 1 aromatic carbocycles. The second-order valence-corrected chi connectivity index (χ2v) is 19.6. The van der Waals surface area contributed by atoms with Gasteiger partial charge in [-0.25, -0.2) is 4.57 Å². The molecule has 14 nitrogen and oxygen atoms in total. The molecule has 0 aliphatic carbocycles. The topological polar surface area (TPSA) is 206 Å². The zero-order chi connectivity index (χ0) is 46.9. The number of azide groups is 1. The molecule has 0 aromatic heterocycles. The normalized spacial score (nSPS) is 12.6. The molecule has 1 amide bonds. The highest BCUT2D eigenvalue weighted by Crippen LogP contribution is 2.43. The minimum Gasteiger partial charge on any atom is -0.506 e. The van der Waals surface area contributed by atoms with Gasteiger partial charge in [-0.05, 0) is 47.0 Å². The summed E-state index contributed by atoms with van der Waals surface area (Å²) in [5.74, 6) is -2.02. The average molecular weight is 1030 g/mol. The van der Waals surface area contributed by atoms with Crippen LogP contribution in [0.2, 0.25) is 0 Å². The number of unbranched alkanes of at least 4 members (excludes halogenated alkanes) is 28. The number of hydrogen-bond donors (Lipinski definition) is 3. The lowest BCUT2D eigenvalue weighted by Gasteiger charge is -2.20. The third-order valence-electron chi connectivity index (χ3n) is 11.3. The summed E-state index contributed by atoms with van der Waals surface area (Å²) in [7, 11) is -4.68. The van der Waals surface area contributed by atoms with Gasteiger partial charge in [0.05, 0.1) is 28.0 Å². The number of hydrogen-bond acceptors (Lipinski definition) is 10. The first-order valence-electron chi connectivity index (χ1n) is 24.9. The predicted octanol–water partition coefficient (Wildman–Crippen LogP) is 14.8. The summed E-state index contributed by atoms with van der Waals surface area (Å²) in [6.45, 7) is 2.97. The molecular formula is C48H84IN4O10P. The van der Waals surface area contributed by atoms with Gasteiger partial charge in [0.15, 0.2) is 6.10 Å². The maximum Gasteiger partial charge on any atom is 0.472 e. The molecule has 0 radical (unpaired) electrons. The Labute approximate surface area is 399 Å². The van der Waals surface area contributed by atoms with Crippen molar-refractivity contribution in [3.8, 4) is 5.75 Å². The van der Waals surface area contributed by atoms with E-state index in [2.05, 4.69) is 29.2 Å². The number of nitrogens with one attached hydrogen (secondary N) is 1. The Balaban J connectivity index is 2.46. The molecule has 368 valence electrons. The first kappa shape index (κ1) is 59.6. The number of carbonyl (C=O) groups is 3. The number of benzene rings is 1. The van der Waals surface area contributed by atoms with E-state index < -0.39 is 45.0 Å². The molecule has 2 atom stereocenters. The van der Waals surface area contributed by atoms with Crippen molar-refractivity contribution in [2.24, 2.45) is 5.11 Å². The maximum atomic E-state index is 12.8. The van der Waals surface area contributed by atoms with Crippen LogP contribution in [0.15, 0.2) is 17.2 Å². The van der Waals surface area contributed by atoms with Crippen LogP contribution >= 0.6 is 30.4 Å². The van der Waals surface area contributed by atoms with E-state index in [1.165, 1.54) is 153 Å². The lowest BCUT2D eigenvalue weighted by molar-refractivity contribution is -0.161. The van der Waals surface area contributed by atoms with E-state index >= 15 is 0 Å². The lowest BCUT2D eigenvalue weighted by atomic mass is 10.0. The summed E-state index contributed by atoms with van der Waals surface area (Å²) in [5.41, 5.74) is 8.73. The van der Waals surface area contributed by atoms with Crippen LogP contribution in [0.5, 0.6) is 5.75 Å². The van der Waals surface area contributed by atoms with E-state index in [0.717, 1.165) is 38.5 Å². The second kappa shape index (κ2) is 40.8. The van der Waals surface area contributed by atoms with Gasteiger partial charge < -0.3 is 24.8 Å². The summed E-state index contributed by atoms with van der Waals surface area (Å²) in [4.78, 5) is 51.0. The molecule has 64 heavy (non-hydrogen) atoms. The fourth-order valence-corrected chi connectivity index (χ4v) is 8.73. The van der Waals surface area contributed by atoms with Gasteiger partial charge in [-0.15, -0.1) is 0 Å². The molecule has 0 spiro atoms. The van der Waals surface area contributed by atoms with Crippen molar-refractivity contribution in [1.82, 2.24) is 5.32 Å². The van der Waals surface area contributed by atoms with Crippen LogP contribution in [0.3, 0.4) is 0 Å². The number of rotatable bonds is 44. The van der Waals surface area contributed by atoms with Crippen molar-refractivity contribution in [1.29, 1.82) is 0 Å². The van der Waals surface area contributed by atoms with Gasteiger partial charge in [-0.1, -0.05) is 205 Å². The standard InChI is InChI=1S/C48H84IN4O10P/c1-3-5-7-9-11-13-15-17-19-21-23-25-27-29-31-33-44(54)60-39-41(63-45(55)34-32-30-28-26-24-22-20-18-16-14-12-10-8-6-4-2)40-62-64(58,59)61-38-37-51-48(57)42-35-36-43(52-53-50)46(49)47(42)56/h35-36,41,56H,3-34,37-40H2,1-2H3,(H,51,57)(H,58,59)/t41-/m1/s1/i49-2. The largest absolute Gasteiger partial charge is 0.506 e. The number of halogens is 1. The molecule has 0 bridgehead atoms. The molecule has 1 rings (SSSR count). The van der Waals surface area contributed by atoms with E-state index in [0.29, 0.717) is 12.8 Å². The summed E-state index contributed by atoms with van der Waals surface area (Å²) in [6.07, 6.45) is 35.7. The Morgan fingerprint density at radius 2 is 1.09 bits per heavy atom. The monoisotopic (exact) mass is 1030 g/mol. The fraction of sp³-hybridized carbons (Fsp3) is 0.812. The van der Waals surface area contributed by atoms with Gasteiger partial charge in [0.25, 0.3) is 5.91 Å². The minimum absolute atomic E-state index is 0.0899. The van der Waals surface area contributed by atoms with Gasteiger partial charge in [-0.3, -0.25) is 23.4 Å². The molecule has 0 saturated heterocycles. The summed E-state index contributed by atoms with van der Waals surface area (Å²) in [6, 6.07) is 2.66. The third-order valence-corrected chi connectivity index (χ3v) is 13.3. The molecule has 0 fully saturated rings. The molecule has 0 aliphatic rings. The number of esters is 2. The molecule has 0 saturated carbocycles. The van der Waals surface area contributed by atoms with Crippen molar-refractivity contribution in [2.45, 2.75) is 225 Å². The second-order valence-electron chi connectivity index (χ2n) is 17.0. The zero-order valence-corrected chi connectivity index (χ0v) is 42.6. The molecule has 0 aliphatic heterocycles. The van der Waals surface area contributed by atoms with E-state index in [4.69, 9.17) is 24.1 Å². The number of phosphoric acid groups is 1.